The molecule has 1 aromatic rings. The van der Waals surface area contributed by atoms with Gasteiger partial charge in [0.1, 0.15) is 17.7 Å². The number of fused-ring (bicyclic) bond motifs is 1. The number of aromatic nitrogens is 2. The minimum absolute atomic E-state index is 0.0899. The lowest BCUT2D eigenvalue weighted by molar-refractivity contribution is -0.126. The van der Waals surface area contributed by atoms with Gasteiger partial charge >= 0.3 is 0 Å². The molecule has 1 amide bonds. The first kappa shape index (κ1) is 23.4. The third kappa shape index (κ3) is 5.12. The molecule has 174 valence electrons. The van der Waals surface area contributed by atoms with Crippen molar-refractivity contribution in [1.82, 2.24) is 30.6 Å². The summed E-state index contributed by atoms with van der Waals surface area (Å²) in [6.45, 7) is 13.1. The number of nitrogens with zero attached hydrogens (tertiary/aromatic N) is 4. The molecule has 3 heterocycles. The number of alkyl halides is 1. The average molecular weight is 445 g/mol. The maximum atomic E-state index is 14.7. The molecule has 10 heteroatoms. The maximum Gasteiger partial charge on any atom is 0.245 e. The number of anilines is 1. The lowest BCUT2D eigenvalue weighted by atomic mass is 9.97. The van der Waals surface area contributed by atoms with Crippen LogP contribution in [0.15, 0.2) is 53.2 Å². The summed E-state index contributed by atoms with van der Waals surface area (Å²) in [5.74, 6) is 0.956. The van der Waals surface area contributed by atoms with Gasteiger partial charge in [0.15, 0.2) is 0 Å². The molecule has 3 rings (SSSR count). The van der Waals surface area contributed by atoms with Crippen LogP contribution in [0.4, 0.5) is 10.1 Å². The molecule has 0 radical (unpaired) electrons. The van der Waals surface area contributed by atoms with Gasteiger partial charge in [0.2, 0.25) is 11.9 Å². The summed E-state index contributed by atoms with van der Waals surface area (Å²) in [7, 11) is 0. The Morgan fingerprint density at radius 1 is 1.47 bits per heavy atom. The van der Waals surface area contributed by atoms with E-state index in [9.17, 15) is 9.18 Å². The number of likely N-dealkylation sites (N-methyl/N-ethyl adjacent to an activating group) is 1. The van der Waals surface area contributed by atoms with E-state index in [-0.39, 0.29) is 18.9 Å². The van der Waals surface area contributed by atoms with E-state index in [4.69, 9.17) is 0 Å². The number of aryl methyl sites for hydroxylation is 1. The average Bonchev–Trinajstić information content (AvgIpc) is 3.35. The molecule has 0 fully saturated rings. The van der Waals surface area contributed by atoms with Crippen LogP contribution < -0.4 is 21.3 Å². The van der Waals surface area contributed by atoms with Crippen molar-refractivity contribution in [2.45, 2.75) is 52.5 Å². The predicted octanol–water partition coefficient (Wildman–Crippen LogP) is 2.06. The standard InChI is InChI=1S/C22H33FN8O/c1-6-18(32)30(7-2)10-9-16(23)12-24-20-19-15(4)11-25-22(19,5)29-21(28-20)27-17-13-26-31(8-3)14-17/h6,11,13-14,16,24-25H,1,7-10,12H2,2-5H3,(H2,27,28,29)/t16-,22-/m1/s1. The van der Waals surface area contributed by atoms with Gasteiger partial charge in [-0.1, -0.05) is 6.58 Å². The van der Waals surface area contributed by atoms with Crippen LogP contribution in [0.25, 0.3) is 0 Å². The highest BCUT2D eigenvalue weighted by Gasteiger charge is 2.40. The molecular formula is C22H33FN8O. The van der Waals surface area contributed by atoms with E-state index in [1.165, 1.54) is 6.08 Å². The second kappa shape index (κ2) is 9.88. The Hall–Kier alpha value is -3.30. The van der Waals surface area contributed by atoms with Gasteiger partial charge in [-0.25, -0.2) is 4.39 Å². The minimum Gasteiger partial charge on any atom is -0.367 e. The van der Waals surface area contributed by atoms with Gasteiger partial charge in [-0.05, 0) is 45.8 Å². The molecule has 0 saturated carbocycles. The van der Waals surface area contributed by atoms with Crippen molar-refractivity contribution < 1.29 is 9.18 Å². The highest BCUT2D eigenvalue weighted by atomic mass is 19.1. The Bertz CT molecular complexity index is 949. The van der Waals surface area contributed by atoms with Crippen LogP contribution in [0.2, 0.25) is 0 Å². The molecule has 2 aliphatic rings. The van der Waals surface area contributed by atoms with Crippen molar-refractivity contribution >= 4 is 17.6 Å². The number of carbonyl (C=O) groups is 1. The van der Waals surface area contributed by atoms with Gasteiger partial charge in [0.25, 0.3) is 0 Å². The van der Waals surface area contributed by atoms with Crippen LogP contribution in [0.5, 0.6) is 0 Å². The van der Waals surface area contributed by atoms with Gasteiger partial charge in [-0.15, -0.1) is 0 Å². The van der Waals surface area contributed by atoms with Crippen LogP contribution >= 0.6 is 0 Å². The second-order valence-electron chi connectivity index (χ2n) is 8.00. The summed E-state index contributed by atoms with van der Waals surface area (Å²) in [6.07, 6.45) is 5.90. The van der Waals surface area contributed by atoms with E-state index in [1.807, 2.05) is 44.8 Å². The van der Waals surface area contributed by atoms with Crippen molar-refractivity contribution in [3.63, 3.8) is 0 Å². The lowest BCUT2D eigenvalue weighted by Crippen LogP contribution is -2.58. The molecule has 4 N–H and O–H groups in total. The van der Waals surface area contributed by atoms with Crippen LogP contribution in [-0.2, 0) is 11.3 Å². The van der Waals surface area contributed by atoms with Gasteiger partial charge in [0.05, 0.1) is 11.9 Å². The number of aliphatic imine (C=N–C) groups is 1. The summed E-state index contributed by atoms with van der Waals surface area (Å²) in [6, 6.07) is 0. The van der Waals surface area contributed by atoms with Crippen molar-refractivity contribution in [2.75, 3.05) is 25.0 Å². The van der Waals surface area contributed by atoms with E-state index in [1.54, 1.807) is 11.1 Å². The summed E-state index contributed by atoms with van der Waals surface area (Å²) >= 11 is 0. The first-order chi connectivity index (χ1) is 15.3. The predicted molar refractivity (Wildman–Crippen MR) is 124 cm³/mol. The van der Waals surface area contributed by atoms with E-state index >= 15 is 0 Å². The summed E-state index contributed by atoms with van der Waals surface area (Å²) in [4.78, 5) is 18.0. The molecule has 0 bridgehead atoms. The number of amides is 1. The van der Waals surface area contributed by atoms with Crippen LogP contribution in [-0.4, -0.2) is 58.0 Å². The fourth-order valence-corrected chi connectivity index (χ4v) is 3.83. The number of hydrogen-bond donors (Lipinski definition) is 4. The number of carbonyl (C=O) groups excluding carboxylic acids is 1. The molecule has 32 heavy (non-hydrogen) atoms. The normalized spacial score (nSPS) is 20.4. The number of rotatable bonds is 10. The fourth-order valence-electron chi connectivity index (χ4n) is 3.83. The number of hydrogen-bond acceptors (Lipinski definition) is 7. The Balaban J connectivity index is 1.70. The largest absolute Gasteiger partial charge is 0.367 e. The number of nitrogens with one attached hydrogen (secondary N) is 4. The number of guanidine groups is 1. The fraction of sp³-hybridized carbons (Fsp3) is 0.500. The molecule has 9 nitrogen and oxygen atoms in total. The second-order valence-corrected chi connectivity index (χ2v) is 8.00. The van der Waals surface area contributed by atoms with Crippen LogP contribution in [0.3, 0.4) is 0 Å². The zero-order valence-electron chi connectivity index (χ0n) is 19.2. The first-order valence-electron chi connectivity index (χ1n) is 10.9. The maximum absolute atomic E-state index is 14.7. The Morgan fingerprint density at radius 3 is 2.91 bits per heavy atom. The topological polar surface area (TPSA) is 98.6 Å². The van der Waals surface area contributed by atoms with Crippen LogP contribution in [0, 0.1) is 0 Å². The molecule has 0 aromatic carbocycles. The van der Waals surface area contributed by atoms with Crippen molar-refractivity contribution in [1.29, 1.82) is 0 Å². The van der Waals surface area contributed by atoms with Gasteiger partial charge < -0.3 is 26.2 Å². The molecule has 0 saturated heterocycles. The van der Waals surface area contributed by atoms with E-state index in [0.717, 1.165) is 23.4 Å². The Labute approximate surface area is 188 Å². The first-order valence-corrected chi connectivity index (χ1v) is 10.9. The van der Waals surface area contributed by atoms with Crippen molar-refractivity contribution in [3.8, 4) is 0 Å². The summed E-state index contributed by atoms with van der Waals surface area (Å²) in [5.41, 5.74) is 2.20. The monoisotopic (exact) mass is 444 g/mol. The Morgan fingerprint density at radius 2 is 2.25 bits per heavy atom. The summed E-state index contributed by atoms with van der Waals surface area (Å²) in [5, 5.41) is 17.4. The highest BCUT2D eigenvalue weighted by molar-refractivity contribution is 5.96. The Kier molecular flexibility index (Phi) is 7.22. The molecule has 1 aromatic heterocycles. The minimum atomic E-state index is -1.14. The third-order valence-corrected chi connectivity index (χ3v) is 5.59. The van der Waals surface area contributed by atoms with Crippen molar-refractivity contribution in [2.24, 2.45) is 4.99 Å². The molecule has 0 spiro atoms. The molecular weight excluding hydrogens is 411 g/mol. The zero-order chi connectivity index (χ0) is 23.3. The van der Waals surface area contributed by atoms with E-state index < -0.39 is 11.8 Å². The zero-order valence-corrected chi connectivity index (χ0v) is 19.2. The highest BCUT2D eigenvalue weighted by Crippen LogP contribution is 2.32. The smallest absolute Gasteiger partial charge is 0.245 e. The van der Waals surface area contributed by atoms with Gasteiger partial charge in [0, 0.05) is 44.1 Å². The van der Waals surface area contributed by atoms with Crippen molar-refractivity contribution in [3.05, 3.63) is 48.2 Å². The van der Waals surface area contributed by atoms with Gasteiger partial charge in [-0.3, -0.25) is 9.48 Å². The van der Waals surface area contributed by atoms with Gasteiger partial charge in [-0.2, -0.15) is 10.1 Å². The molecule has 2 atom stereocenters. The third-order valence-electron chi connectivity index (χ3n) is 5.59. The molecule has 0 unspecified atom stereocenters. The SMILES string of the molecule is C=CC(=O)N(CC)CC[C@@H](F)CNC1=C2C(C)=CN[C@]2(C)NC(Nc2cnn(CC)c2)=N1. The quantitative estimate of drug-likeness (QED) is 0.413. The van der Waals surface area contributed by atoms with E-state index in [2.05, 4.69) is 37.9 Å². The number of halogens is 1. The van der Waals surface area contributed by atoms with Crippen LogP contribution in [0.1, 0.15) is 34.1 Å². The molecule has 2 aliphatic heterocycles. The molecule has 0 aliphatic carbocycles. The lowest BCUT2D eigenvalue weighted by Gasteiger charge is -2.35. The summed E-state index contributed by atoms with van der Waals surface area (Å²) < 4.78 is 16.5. The van der Waals surface area contributed by atoms with E-state index in [0.29, 0.717) is 24.9 Å².